The van der Waals surface area contributed by atoms with Crippen molar-refractivity contribution in [2.45, 2.75) is 52.6 Å². The highest BCUT2D eigenvalue weighted by Crippen LogP contribution is 2.33. The Balaban J connectivity index is 1.28. The lowest BCUT2D eigenvalue weighted by Gasteiger charge is -2.28. The average molecular weight is 540 g/mol. The first-order chi connectivity index (χ1) is 19.4. The molecule has 0 saturated heterocycles. The molecule has 40 heavy (non-hydrogen) atoms. The molecule has 0 saturated carbocycles. The van der Waals surface area contributed by atoms with Crippen LogP contribution in [0.2, 0.25) is 0 Å². The van der Waals surface area contributed by atoms with Crippen LogP contribution < -0.4 is 10.6 Å². The van der Waals surface area contributed by atoms with Gasteiger partial charge in [-0.15, -0.1) is 0 Å². The molecule has 0 bridgehead atoms. The molecule has 1 aliphatic heterocycles. The highest BCUT2D eigenvalue weighted by atomic mass is 19.1. The number of carbonyl (C=O) groups is 2. The number of aryl methyl sites for hydroxylation is 2. The Morgan fingerprint density at radius 1 is 0.900 bits per heavy atom. The number of amides is 2. The standard InChI is InChI=1S/C32H34FN5O2/c1-3-4-29(39)34-26-16-7-23(8-17-26)9-18-30(40)37-19-20-38-28(21-37)36-31(24-10-12-25(33)13-11-24)32(38)35-27-14-5-22(2)6-15-27/h5-8,10-17,35H,3-4,9,18-21H2,1-2H3,(H,34,39). The zero-order valence-corrected chi connectivity index (χ0v) is 22.9. The lowest BCUT2D eigenvalue weighted by atomic mass is 10.1. The molecule has 5 rings (SSSR count). The second-order valence-corrected chi connectivity index (χ2v) is 10.2. The van der Waals surface area contributed by atoms with Crippen molar-refractivity contribution in [2.75, 3.05) is 17.2 Å². The number of benzene rings is 3. The molecule has 1 aliphatic rings. The molecule has 2 amide bonds. The third kappa shape index (κ3) is 6.39. The van der Waals surface area contributed by atoms with E-state index in [0.29, 0.717) is 38.9 Å². The molecule has 3 aromatic carbocycles. The van der Waals surface area contributed by atoms with Gasteiger partial charge in [-0.05, 0) is 73.9 Å². The predicted molar refractivity (Wildman–Crippen MR) is 156 cm³/mol. The van der Waals surface area contributed by atoms with E-state index in [1.807, 2.05) is 67.3 Å². The van der Waals surface area contributed by atoms with Gasteiger partial charge in [-0.3, -0.25) is 9.59 Å². The molecule has 7 nitrogen and oxygen atoms in total. The van der Waals surface area contributed by atoms with Crippen LogP contribution in [0.5, 0.6) is 0 Å². The minimum atomic E-state index is -0.298. The van der Waals surface area contributed by atoms with Crippen molar-refractivity contribution >= 4 is 29.0 Å². The maximum absolute atomic E-state index is 13.6. The van der Waals surface area contributed by atoms with Gasteiger partial charge < -0.3 is 20.1 Å². The zero-order chi connectivity index (χ0) is 28.1. The van der Waals surface area contributed by atoms with Crippen LogP contribution in [0.25, 0.3) is 11.3 Å². The van der Waals surface area contributed by atoms with Crippen LogP contribution in [0, 0.1) is 12.7 Å². The Bertz CT molecular complexity index is 1480. The van der Waals surface area contributed by atoms with Gasteiger partial charge in [0, 0.05) is 42.9 Å². The first-order valence-corrected chi connectivity index (χ1v) is 13.7. The number of nitrogens with one attached hydrogen (secondary N) is 2. The number of hydrogen-bond donors (Lipinski definition) is 2. The third-order valence-electron chi connectivity index (χ3n) is 7.10. The van der Waals surface area contributed by atoms with Crippen molar-refractivity contribution in [3.63, 3.8) is 0 Å². The van der Waals surface area contributed by atoms with Gasteiger partial charge in [-0.25, -0.2) is 9.37 Å². The number of carbonyl (C=O) groups excluding carboxylic acids is 2. The summed E-state index contributed by atoms with van der Waals surface area (Å²) in [4.78, 5) is 31.7. The summed E-state index contributed by atoms with van der Waals surface area (Å²) >= 11 is 0. The summed E-state index contributed by atoms with van der Waals surface area (Å²) in [5, 5.41) is 6.40. The topological polar surface area (TPSA) is 79.3 Å². The van der Waals surface area contributed by atoms with Gasteiger partial charge in [0.25, 0.3) is 0 Å². The first-order valence-electron chi connectivity index (χ1n) is 13.7. The van der Waals surface area contributed by atoms with E-state index in [9.17, 15) is 14.0 Å². The predicted octanol–water partition coefficient (Wildman–Crippen LogP) is 6.45. The van der Waals surface area contributed by atoms with E-state index in [1.165, 1.54) is 17.7 Å². The monoisotopic (exact) mass is 539 g/mol. The molecule has 206 valence electrons. The summed E-state index contributed by atoms with van der Waals surface area (Å²) in [7, 11) is 0. The van der Waals surface area contributed by atoms with Gasteiger partial charge in [-0.1, -0.05) is 36.8 Å². The van der Waals surface area contributed by atoms with Gasteiger partial charge in [0.2, 0.25) is 11.8 Å². The molecule has 2 heterocycles. The largest absolute Gasteiger partial charge is 0.340 e. The average Bonchev–Trinajstić information content (AvgIpc) is 3.31. The summed E-state index contributed by atoms with van der Waals surface area (Å²) in [6.07, 6.45) is 2.32. The molecule has 1 aromatic heterocycles. The summed E-state index contributed by atoms with van der Waals surface area (Å²) in [6, 6.07) is 22.1. The molecular weight excluding hydrogens is 505 g/mol. The van der Waals surface area contributed by atoms with Gasteiger partial charge in [0.15, 0.2) is 0 Å². The smallest absolute Gasteiger partial charge is 0.224 e. The van der Waals surface area contributed by atoms with Crippen molar-refractivity contribution < 1.29 is 14.0 Å². The Labute approximate surface area is 234 Å². The first kappa shape index (κ1) is 27.1. The fourth-order valence-corrected chi connectivity index (χ4v) is 4.87. The maximum Gasteiger partial charge on any atom is 0.224 e. The van der Waals surface area contributed by atoms with Crippen molar-refractivity contribution in [3.05, 3.63) is 95.6 Å². The van der Waals surface area contributed by atoms with E-state index in [0.717, 1.165) is 46.3 Å². The third-order valence-corrected chi connectivity index (χ3v) is 7.10. The molecule has 0 aliphatic carbocycles. The number of fused-ring (bicyclic) bond motifs is 1. The van der Waals surface area contributed by atoms with Gasteiger partial charge in [0.05, 0.1) is 6.54 Å². The summed E-state index contributed by atoms with van der Waals surface area (Å²) in [5.41, 5.74) is 5.46. The van der Waals surface area contributed by atoms with Crippen molar-refractivity contribution in [1.82, 2.24) is 14.5 Å². The second-order valence-electron chi connectivity index (χ2n) is 10.2. The van der Waals surface area contributed by atoms with E-state index >= 15 is 0 Å². The van der Waals surface area contributed by atoms with E-state index in [2.05, 4.69) is 15.2 Å². The normalized spacial score (nSPS) is 12.6. The van der Waals surface area contributed by atoms with Crippen LogP contribution in [0.3, 0.4) is 0 Å². The fourth-order valence-electron chi connectivity index (χ4n) is 4.87. The summed E-state index contributed by atoms with van der Waals surface area (Å²) < 4.78 is 15.8. The van der Waals surface area contributed by atoms with Crippen LogP contribution in [-0.4, -0.2) is 32.8 Å². The molecular formula is C32H34FN5O2. The number of aromatic nitrogens is 2. The lowest BCUT2D eigenvalue weighted by Crippen LogP contribution is -2.38. The van der Waals surface area contributed by atoms with Gasteiger partial charge in [-0.2, -0.15) is 0 Å². The van der Waals surface area contributed by atoms with Gasteiger partial charge in [0.1, 0.15) is 23.2 Å². The molecule has 0 radical (unpaired) electrons. The summed E-state index contributed by atoms with van der Waals surface area (Å²) in [5.74, 6) is 1.41. The Morgan fingerprint density at radius 2 is 1.60 bits per heavy atom. The molecule has 0 atom stereocenters. The molecule has 4 aromatic rings. The lowest BCUT2D eigenvalue weighted by molar-refractivity contribution is -0.132. The van der Waals surface area contributed by atoms with Gasteiger partial charge >= 0.3 is 0 Å². The van der Waals surface area contributed by atoms with Crippen LogP contribution >= 0.6 is 0 Å². The highest BCUT2D eigenvalue weighted by Gasteiger charge is 2.27. The number of nitrogens with zero attached hydrogens (tertiary/aromatic N) is 3. The van der Waals surface area contributed by atoms with E-state index in [1.54, 1.807) is 12.1 Å². The van der Waals surface area contributed by atoms with Crippen molar-refractivity contribution in [2.24, 2.45) is 0 Å². The fraction of sp³-hybridized carbons (Fsp3) is 0.281. The van der Waals surface area contributed by atoms with E-state index in [-0.39, 0.29) is 17.6 Å². The molecule has 0 spiro atoms. The molecule has 0 fully saturated rings. The number of hydrogen-bond acceptors (Lipinski definition) is 4. The van der Waals surface area contributed by atoms with Crippen LogP contribution in [0.15, 0.2) is 72.8 Å². The van der Waals surface area contributed by atoms with E-state index < -0.39 is 0 Å². The Morgan fingerprint density at radius 3 is 2.30 bits per heavy atom. The Kier molecular flexibility index (Phi) is 8.24. The summed E-state index contributed by atoms with van der Waals surface area (Å²) in [6.45, 7) is 5.61. The SMILES string of the molecule is CCCC(=O)Nc1ccc(CCC(=O)N2CCn3c(nc(-c4ccc(F)cc4)c3Nc3ccc(C)cc3)C2)cc1. The molecule has 0 unspecified atom stereocenters. The van der Waals surface area contributed by atoms with E-state index in [4.69, 9.17) is 4.98 Å². The number of anilines is 3. The van der Waals surface area contributed by atoms with Crippen LogP contribution in [0.1, 0.15) is 43.1 Å². The van der Waals surface area contributed by atoms with Crippen LogP contribution in [-0.2, 0) is 29.1 Å². The quantitative estimate of drug-likeness (QED) is 0.256. The maximum atomic E-state index is 13.6. The number of imidazole rings is 1. The number of halogens is 1. The van der Waals surface area contributed by atoms with Crippen molar-refractivity contribution in [1.29, 1.82) is 0 Å². The second kappa shape index (κ2) is 12.2. The van der Waals surface area contributed by atoms with Crippen molar-refractivity contribution in [3.8, 4) is 11.3 Å². The minimum absolute atomic E-state index is 0.00805. The molecule has 8 heteroatoms. The molecule has 2 N–H and O–H groups in total. The Hall–Kier alpha value is -4.46. The zero-order valence-electron chi connectivity index (χ0n) is 22.9. The van der Waals surface area contributed by atoms with Crippen LogP contribution in [0.4, 0.5) is 21.6 Å². The highest BCUT2D eigenvalue weighted by molar-refractivity contribution is 5.90. The minimum Gasteiger partial charge on any atom is -0.340 e. The number of rotatable bonds is 9.